The second kappa shape index (κ2) is 6.69. The summed E-state index contributed by atoms with van der Waals surface area (Å²) in [5, 5.41) is 0. The molecule has 1 aromatic carbocycles. The van der Waals surface area contributed by atoms with Gasteiger partial charge in [0.2, 0.25) is 0 Å². The van der Waals surface area contributed by atoms with Crippen molar-refractivity contribution >= 4 is 11.6 Å². The number of hydrogen-bond donors (Lipinski definition) is 1. The van der Waals surface area contributed by atoms with Gasteiger partial charge in [-0.2, -0.15) is 0 Å². The first-order valence-corrected chi connectivity index (χ1v) is 6.61. The molecule has 1 aromatic heterocycles. The van der Waals surface area contributed by atoms with Crippen molar-refractivity contribution in [2.24, 2.45) is 5.73 Å². The molecule has 1 heterocycles. The first-order chi connectivity index (χ1) is 10.1. The number of pyridine rings is 1. The topological polar surface area (TPSA) is 59.2 Å². The monoisotopic (exact) mass is 279 g/mol. The Morgan fingerprint density at radius 1 is 1.29 bits per heavy atom. The van der Waals surface area contributed by atoms with Crippen LogP contribution in [0.4, 0.5) is 5.69 Å². The number of aryl methyl sites for hydroxylation is 1. The van der Waals surface area contributed by atoms with Gasteiger partial charge in [0.1, 0.15) is 0 Å². The van der Waals surface area contributed by atoms with E-state index in [0.717, 1.165) is 11.3 Å². The lowest BCUT2D eigenvalue weighted by Gasteiger charge is -2.18. The van der Waals surface area contributed by atoms with Crippen LogP contribution in [0.15, 0.2) is 42.7 Å². The Labute approximate surface area is 124 Å². The van der Waals surface area contributed by atoms with Crippen LogP contribution in [0.3, 0.4) is 0 Å². The van der Waals surface area contributed by atoms with Gasteiger partial charge in [0.05, 0.1) is 17.7 Å². The third-order valence-electron chi connectivity index (χ3n) is 3.10. The van der Waals surface area contributed by atoms with Crippen molar-refractivity contribution in [1.82, 2.24) is 4.98 Å². The maximum atomic E-state index is 12.6. The molecule has 0 aliphatic heterocycles. The molecule has 1 amide bonds. The maximum Gasteiger partial charge on any atom is 0.259 e. The summed E-state index contributed by atoms with van der Waals surface area (Å²) >= 11 is 0. The van der Waals surface area contributed by atoms with Gasteiger partial charge in [-0.25, -0.2) is 0 Å². The molecule has 2 aromatic rings. The average molecular weight is 279 g/mol. The molecule has 106 valence electrons. The van der Waals surface area contributed by atoms with Gasteiger partial charge < -0.3 is 10.6 Å². The number of aromatic nitrogens is 1. The van der Waals surface area contributed by atoms with E-state index in [-0.39, 0.29) is 12.5 Å². The Morgan fingerprint density at radius 3 is 2.67 bits per heavy atom. The second-order valence-corrected chi connectivity index (χ2v) is 4.63. The predicted molar refractivity (Wildman–Crippen MR) is 84.1 cm³/mol. The van der Waals surface area contributed by atoms with E-state index in [4.69, 9.17) is 5.73 Å². The quantitative estimate of drug-likeness (QED) is 0.855. The van der Waals surface area contributed by atoms with E-state index in [2.05, 4.69) is 16.8 Å². The zero-order chi connectivity index (χ0) is 15.2. The summed E-state index contributed by atoms with van der Waals surface area (Å²) < 4.78 is 0. The molecule has 0 atom stereocenters. The molecule has 0 fully saturated rings. The number of carbonyl (C=O) groups is 1. The molecule has 21 heavy (non-hydrogen) atoms. The Balaban J connectivity index is 2.33. The third-order valence-corrected chi connectivity index (χ3v) is 3.10. The van der Waals surface area contributed by atoms with E-state index in [0.29, 0.717) is 11.1 Å². The SMILES string of the molecule is Cc1ccc(N(C)C(=O)c2ccncc2C#CCN)cc1. The Kier molecular flexibility index (Phi) is 4.70. The van der Waals surface area contributed by atoms with Crippen LogP contribution in [0.5, 0.6) is 0 Å². The van der Waals surface area contributed by atoms with Gasteiger partial charge in [-0.15, -0.1) is 0 Å². The fourth-order valence-electron chi connectivity index (χ4n) is 1.89. The molecule has 0 bridgehead atoms. The standard InChI is InChI=1S/C17H17N3O/c1-13-5-7-15(8-6-13)20(2)17(21)16-9-11-19-12-14(16)4-3-10-18/h5-9,11-12H,10,18H2,1-2H3. The highest BCUT2D eigenvalue weighted by Crippen LogP contribution is 2.17. The summed E-state index contributed by atoms with van der Waals surface area (Å²) in [5.41, 5.74) is 8.47. The number of nitrogens with zero attached hydrogens (tertiary/aromatic N) is 2. The van der Waals surface area contributed by atoms with Crippen LogP contribution >= 0.6 is 0 Å². The van der Waals surface area contributed by atoms with E-state index >= 15 is 0 Å². The first-order valence-electron chi connectivity index (χ1n) is 6.61. The fourth-order valence-corrected chi connectivity index (χ4v) is 1.89. The van der Waals surface area contributed by atoms with Gasteiger partial charge in [0.25, 0.3) is 5.91 Å². The van der Waals surface area contributed by atoms with Crippen molar-refractivity contribution in [3.63, 3.8) is 0 Å². The summed E-state index contributed by atoms with van der Waals surface area (Å²) in [6.07, 6.45) is 3.17. The molecule has 0 aliphatic carbocycles. The second-order valence-electron chi connectivity index (χ2n) is 4.63. The summed E-state index contributed by atoms with van der Waals surface area (Å²) in [6.45, 7) is 2.26. The zero-order valence-electron chi connectivity index (χ0n) is 12.1. The van der Waals surface area contributed by atoms with Gasteiger partial charge in [0.15, 0.2) is 0 Å². The Hall–Kier alpha value is -2.64. The Bertz CT molecular complexity index is 696. The minimum absolute atomic E-state index is 0.123. The molecular weight excluding hydrogens is 262 g/mol. The zero-order valence-corrected chi connectivity index (χ0v) is 12.1. The van der Waals surface area contributed by atoms with Crippen molar-refractivity contribution in [2.45, 2.75) is 6.92 Å². The van der Waals surface area contributed by atoms with Crippen LogP contribution in [-0.2, 0) is 0 Å². The number of benzene rings is 1. The van der Waals surface area contributed by atoms with Crippen molar-refractivity contribution < 1.29 is 4.79 Å². The van der Waals surface area contributed by atoms with Crippen LogP contribution < -0.4 is 10.6 Å². The molecule has 0 saturated carbocycles. The van der Waals surface area contributed by atoms with Crippen LogP contribution in [0.1, 0.15) is 21.5 Å². The lowest BCUT2D eigenvalue weighted by molar-refractivity contribution is 0.0992. The van der Waals surface area contributed by atoms with Crippen molar-refractivity contribution in [2.75, 3.05) is 18.5 Å². The summed E-state index contributed by atoms with van der Waals surface area (Å²) in [7, 11) is 1.74. The number of nitrogens with two attached hydrogens (primary N) is 1. The molecule has 0 radical (unpaired) electrons. The number of carbonyl (C=O) groups excluding carboxylic acids is 1. The number of anilines is 1. The highest BCUT2D eigenvalue weighted by Gasteiger charge is 2.16. The van der Waals surface area contributed by atoms with E-state index in [1.54, 1.807) is 30.4 Å². The normalized spacial score (nSPS) is 9.67. The first kappa shape index (κ1) is 14.8. The molecule has 4 nitrogen and oxygen atoms in total. The molecule has 0 saturated heterocycles. The number of rotatable bonds is 2. The minimum atomic E-state index is -0.123. The van der Waals surface area contributed by atoms with Crippen LogP contribution in [-0.4, -0.2) is 24.5 Å². The Morgan fingerprint density at radius 2 is 2.00 bits per heavy atom. The van der Waals surface area contributed by atoms with Crippen molar-refractivity contribution in [3.8, 4) is 11.8 Å². The lowest BCUT2D eigenvalue weighted by Crippen LogP contribution is -2.27. The highest BCUT2D eigenvalue weighted by atomic mass is 16.2. The van der Waals surface area contributed by atoms with Gasteiger partial charge in [0, 0.05) is 25.1 Å². The summed E-state index contributed by atoms with van der Waals surface area (Å²) in [5.74, 6) is 5.51. The smallest absolute Gasteiger partial charge is 0.259 e. The van der Waals surface area contributed by atoms with Crippen LogP contribution in [0.25, 0.3) is 0 Å². The average Bonchev–Trinajstić information content (AvgIpc) is 2.52. The molecule has 0 aliphatic rings. The van der Waals surface area contributed by atoms with E-state index in [1.165, 1.54) is 0 Å². The lowest BCUT2D eigenvalue weighted by atomic mass is 10.1. The maximum absolute atomic E-state index is 12.6. The van der Waals surface area contributed by atoms with E-state index in [1.807, 2.05) is 31.2 Å². The number of amides is 1. The summed E-state index contributed by atoms with van der Waals surface area (Å²) in [4.78, 5) is 18.2. The molecule has 0 spiro atoms. The molecule has 0 unspecified atom stereocenters. The minimum Gasteiger partial charge on any atom is -0.320 e. The molecule has 4 heteroatoms. The third kappa shape index (κ3) is 3.47. The molecule has 2 rings (SSSR count). The fraction of sp³-hybridized carbons (Fsp3) is 0.176. The van der Waals surface area contributed by atoms with E-state index in [9.17, 15) is 4.79 Å². The van der Waals surface area contributed by atoms with Crippen molar-refractivity contribution in [3.05, 3.63) is 59.4 Å². The number of hydrogen-bond acceptors (Lipinski definition) is 3. The molecular formula is C17H17N3O. The highest BCUT2D eigenvalue weighted by molar-refractivity contribution is 6.07. The van der Waals surface area contributed by atoms with Gasteiger partial charge in [-0.1, -0.05) is 29.5 Å². The largest absolute Gasteiger partial charge is 0.320 e. The van der Waals surface area contributed by atoms with Crippen molar-refractivity contribution in [1.29, 1.82) is 0 Å². The van der Waals surface area contributed by atoms with E-state index < -0.39 is 0 Å². The van der Waals surface area contributed by atoms with Crippen LogP contribution in [0.2, 0.25) is 0 Å². The van der Waals surface area contributed by atoms with Crippen LogP contribution in [0, 0.1) is 18.8 Å². The predicted octanol–water partition coefficient (Wildman–Crippen LogP) is 1.98. The van der Waals surface area contributed by atoms with Gasteiger partial charge in [-0.05, 0) is 25.1 Å². The van der Waals surface area contributed by atoms with Gasteiger partial charge >= 0.3 is 0 Å². The summed E-state index contributed by atoms with van der Waals surface area (Å²) in [6, 6.07) is 9.45. The molecule has 2 N–H and O–H groups in total. The van der Waals surface area contributed by atoms with Gasteiger partial charge in [-0.3, -0.25) is 9.78 Å².